The van der Waals surface area contributed by atoms with Crippen LogP contribution in [0.15, 0.2) is 48.7 Å². The maximum absolute atomic E-state index is 14.1. The highest BCUT2D eigenvalue weighted by Gasteiger charge is 2.59. The number of rotatable bonds is 7. The highest BCUT2D eigenvalue weighted by Crippen LogP contribution is 2.60. The lowest BCUT2D eigenvalue weighted by atomic mass is 9.96. The zero-order valence-corrected chi connectivity index (χ0v) is 23.7. The molecule has 1 N–H and O–H groups in total. The molecule has 43 heavy (non-hydrogen) atoms. The van der Waals surface area contributed by atoms with Crippen molar-refractivity contribution in [1.29, 1.82) is 0 Å². The van der Waals surface area contributed by atoms with E-state index in [2.05, 4.69) is 22.1 Å². The zero-order valence-electron chi connectivity index (χ0n) is 23.7. The molecule has 10 heteroatoms. The molecule has 4 heterocycles. The van der Waals surface area contributed by atoms with E-state index < -0.39 is 11.7 Å². The van der Waals surface area contributed by atoms with E-state index in [0.29, 0.717) is 36.1 Å². The van der Waals surface area contributed by atoms with Crippen LogP contribution in [-0.2, 0) is 23.9 Å². The maximum atomic E-state index is 14.1. The number of Topliss-reactive ketones (excluding diaryl/α,β-unsaturated/α-hetero) is 1. The Kier molecular flexibility index (Phi) is 6.91. The van der Waals surface area contributed by atoms with Crippen molar-refractivity contribution >= 4 is 17.5 Å². The van der Waals surface area contributed by atoms with Crippen molar-refractivity contribution < 1.29 is 32.2 Å². The Hall–Kier alpha value is -3.92. The van der Waals surface area contributed by atoms with Gasteiger partial charge in [-0.15, -0.1) is 0 Å². The number of fused-ring (bicyclic) bond motifs is 4. The number of carbonyl (C=O) groups excluding carboxylic acids is 2. The summed E-state index contributed by atoms with van der Waals surface area (Å²) in [6.07, 6.45) is -0.0690. The SMILES string of the molecule is C[C@@H]1CCCN(Cc2ccc(C(=O)C[C@@H]3[C@H]4Oc5ccc(Oc6ccnc7c6CCC(=O)N7)cc5[C@@H]34)cc2C(F)(F)F)C1. The number of nitrogens with zero attached hydrogens (tertiary/aromatic N) is 2. The van der Waals surface area contributed by atoms with Gasteiger partial charge < -0.3 is 14.8 Å². The molecule has 3 aromatic rings. The van der Waals surface area contributed by atoms with Crippen molar-refractivity contribution in [3.05, 3.63) is 76.5 Å². The third-order valence-corrected chi connectivity index (χ3v) is 9.09. The number of hydrogen-bond donors (Lipinski definition) is 1. The highest BCUT2D eigenvalue weighted by atomic mass is 19.4. The first-order valence-corrected chi connectivity index (χ1v) is 14.9. The summed E-state index contributed by atoms with van der Waals surface area (Å²) in [6, 6.07) is 11.3. The summed E-state index contributed by atoms with van der Waals surface area (Å²) >= 11 is 0. The predicted molar refractivity (Wildman–Crippen MR) is 152 cm³/mol. The van der Waals surface area contributed by atoms with E-state index in [0.717, 1.165) is 48.9 Å². The van der Waals surface area contributed by atoms with Crippen LogP contribution in [0.1, 0.15) is 71.1 Å². The van der Waals surface area contributed by atoms with Crippen molar-refractivity contribution in [3.8, 4) is 17.2 Å². The molecule has 0 spiro atoms. The van der Waals surface area contributed by atoms with Gasteiger partial charge in [-0.3, -0.25) is 14.5 Å². The molecular weight excluding hydrogens is 559 g/mol. The normalized spacial score (nSPS) is 24.3. The molecule has 4 aliphatic rings. The van der Waals surface area contributed by atoms with Gasteiger partial charge in [-0.2, -0.15) is 13.2 Å². The second-order valence-corrected chi connectivity index (χ2v) is 12.2. The first-order valence-electron chi connectivity index (χ1n) is 14.9. The van der Waals surface area contributed by atoms with Crippen molar-refractivity contribution in [2.24, 2.45) is 11.8 Å². The minimum Gasteiger partial charge on any atom is -0.489 e. The number of likely N-dealkylation sites (tertiary alicyclic amines) is 1. The minimum atomic E-state index is -4.54. The number of hydrogen-bond acceptors (Lipinski definition) is 6. The number of ketones is 1. The number of alkyl halides is 3. The topological polar surface area (TPSA) is 80.8 Å². The number of piperidine rings is 1. The second-order valence-electron chi connectivity index (χ2n) is 12.2. The molecule has 7 rings (SSSR count). The Balaban J connectivity index is 1.05. The van der Waals surface area contributed by atoms with Crippen LogP contribution < -0.4 is 14.8 Å². The molecule has 1 aliphatic carbocycles. The molecular formula is C33H32F3N3O4. The summed E-state index contributed by atoms with van der Waals surface area (Å²) in [6.45, 7) is 3.91. The Morgan fingerprint density at radius 2 is 2.02 bits per heavy atom. The van der Waals surface area contributed by atoms with Gasteiger partial charge in [0, 0.05) is 60.7 Å². The summed E-state index contributed by atoms with van der Waals surface area (Å²) in [4.78, 5) is 31.3. The number of nitrogens with one attached hydrogen (secondary N) is 1. The van der Waals surface area contributed by atoms with Gasteiger partial charge in [0.25, 0.3) is 0 Å². The van der Waals surface area contributed by atoms with Gasteiger partial charge in [0.15, 0.2) is 5.78 Å². The fourth-order valence-corrected chi connectivity index (χ4v) is 6.89. The van der Waals surface area contributed by atoms with Crippen molar-refractivity contribution in [2.75, 3.05) is 18.4 Å². The standard InChI is InChI=1S/C33H32F3N3O4/c1-18-3-2-12-39(16-18)17-20-5-4-19(13-25(20)33(34,35)36)26(40)15-24-30-23-14-21(6-8-27(23)43-31(24)30)42-28-10-11-37-32-22(28)7-9-29(41)38-32/h4-6,8,10-11,13-14,18,24,30-31H,2-3,7,9,12,15-17H2,1H3,(H,37,38,41)/t18-,24+,30+,31-/m1/s1. The first-order chi connectivity index (χ1) is 20.6. The fourth-order valence-electron chi connectivity index (χ4n) is 6.89. The number of ether oxygens (including phenoxy) is 2. The molecule has 0 unspecified atom stereocenters. The molecule has 3 aliphatic heterocycles. The molecule has 0 bridgehead atoms. The van der Waals surface area contributed by atoms with Crippen LogP contribution in [0.4, 0.5) is 19.0 Å². The van der Waals surface area contributed by atoms with E-state index in [1.807, 2.05) is 18.2 Å². The van der Waals surface area contributed by atoms with Gasteiger partial charge in [0.05, 0.1) is 5.56 Å². The largest absolute Gasteiger partial charge is 0.489 e. The number of anilines is 1. The number of aromatic nitrogens is 1. The van der Waals surface area contributed by atoms with Crippen LogP contribution in [0.5, 0.6) is 17.2 Å². The Morgan fingerprint density at radius 3 is 2.84 bits per heavy atom. The second kappa shape index (κ2) is 10.7. The average Bonchev–Trinajstić information content (AvgIpc) is 3.48. The molecule has 4 atom stereocenters. The highest BCUT2D eigenvalue weighted by molar-refractivity contribution is 5.97. The lowest BCUT2D eigenvalue weighted by Crippen LogP contribution is -2.34. The first kappa shape index (κ1) is 27.9. The molecule has 1 saturated carbocycles. The molecule has 1 amide bonds. The van der Waals surface area contributed by atoms with Crippen molar-refractivity contribution in [2.45, 2.75) is 63.8 Å². The summed E-state index contributed by atoms with van der Waals surface area (Å²) in [5.74, 6) is 2.38. The Labute approximate surface area is 247 Å². The van der Waals surface area contributed by atoms with E-state index >= 15 is 0 Å². The monoisotopic (exact) mass is 591 g/mol. The molecule has 2 aromatic carbocycles. The summed E-state index contributed by atoms with van der Waals surface area (Å²) in [5.41, 5.74) is 1.33. The van der Waals surface area contributed by atoms with Crippen LogP contribution >= 0.6 is 0 Å². The van der Waals surface area contributed by atoms with Crippen LogP contribution in [0.2, 0.25) is 0 Å². The van der Waals surface area contributed by atoms with Crippen molar-refractivity contribution in [1.82, 2.24) is 9.88 Å². The molecule has 7 nitrogen and oxygen atoms in total. The van der Waals surface area contributed by atoms with E-state index in [1.54, 1.807) is 12.3 Å². The number of halogens is 3. The average molecular weight is 592 g/mol. The molecule has 0 radical (unpaired) electrons. The van der Waals surface area contributed by atoms with Gasteiger partial charge in [-0.05, 0) is 67.6 Å². The summed E-state index contributed by atoms with van der Waals surface area (Å²) in [5, 5.41) is 2.77. The fraction of sp³-hybridized carbons (Fsp3) is 0.424. The number of pyridine rings is 1. The number of benzene rings is 2. The van der Waals surface area contributed by atoms with Crippen LogP contribution in [0.3, 0.4) is 0 Å². The van der Waals surface area contributed by atoms with Gasteiger partial charge in [-0.1, -0.05) is 19.1 Å². The Bertz CT molecular complexity index is 1610. The van der Waals surface area contributed by atoms with Gasteiger partial charge in [-0.25, -0.2) is 4.98 Å². The number of amides is 1. The molecule has 224 valence electrons. The number of carbonyl (C=O) groups is 2. The smallest absolute Gasteiger partial charge is 0.416 e. The van der Waals surface area contributed by atoms with E-state index in [1.165, 1.54) is 12.1 Å². The molecule has 1 saturated heterocycles. The lowest BCUT2D eigenvalue weighted by Gasteiger charge is -2.31. The van der Waals surface area contributed by atoms with Gasteiger partial charge >= 0.3 is 6.18 Å². The maximum Gasteiger partial charge on any atom is 0.416 e. The van der Waals surface area contributed by atoms with E-state index in [9.17, 15) is 22.8 Å². The molecule has 1 aromatic heterocycles. The molecule has 2 fully saturated rings. The third-order valence-electron chi connectivity index (χ3n) is 9.09. The van der Waals surface area contributed by atoms with E-state index in [4.69, 9.17) is 9.47 Å². The van der Waals surface area contributed by atoms with Crippen LogP contribution in [0.25, 0.3) is 0 Å². The van der Waals surface area contributed by atoms with Crippen LogP contribution in [-0.4, -0.2) is 40.8 Å². The van der Waals surface area contributed by atoms with Crippen molar-refractivity contribution in [3.63, 3.8) is 0 Å². The minimum absolute atomic E-state index is 0.0180. The Morgan fingerprint density at radius 1 is 1.16 bits per heavy atom. The summed E-state index contributed by atoms with van der Waals surface area (Å²) < 4.78 is 54.5. The van der Waals surface area contributed by atoms with Gasteiger partial charge in [0.1, 0.15) is 29.2 Å². The van der Waals surface area contributed by atoms with E-state index in [-0.39, 0.29) is 53.7 Å². The predicted octanol–water partition coefficient (Wildman–Crippen LogP) is 6.76. The van der Waals surface area contributed by atoms with Crippen LogP contribution in [0, 0.1) is 11.8 Å². The zero-order chi connectivity index (χ0) is 29.9. The summed E-state index contributed by atoms with van der Waals surface area (Å²) in [7, 11) is 0. The quantitative estimate of drug-likeness (QED) is 0.306. The van der Waals surface area contributed by atoms with Gasteiger partial charge in [0.2, 0.25) is 5.91 Å². The lowest BCUT2D eigenvalue weighted by molar-refractivity contribution is -0.138. The third kappa shape index (κ3) is 5.48.